The Labute approximate surface area is 115 Å². The fraction of sp³-hybridized carbons (Fsp3) is 0.714. The minimum absolute atomic E-state index is 0.341. The average Bonchev–Trinajstić information content (AvgIpc) is 2.92. The maximum Gasteiger partial charge on any atom is 0.147 e. The summed E-state index contributed by atoms with van der Waals surface area (Å²) in [5, 5.41) is 3.34. The van der Waals surface area contributed by atoms with Crippen LogP contribution in [0.25, 0.3) is 0 Å². The van der Waals surface area contributed by atoms with Crippen LogP contribution in [-0.2, 0) is 11.3 Å². The van der Waals surface area contributed by atoms with Gasteiger partial charge in [0.25, 0.3) is 0 Å². The predicted octanol–water partition coefficient (Wildman–Crippen LogP) is 1.59. The van der Waals surface area contributed by atoms with Crippen molar-refractivity contribution >= 4 is 5.82 Å². The standard InChI is InChI=1S/C14H24N4O/c1-3-6-15-8-12-9-16-10-14(17-12)18(2)11-13-5-4-7-19-13/h9-10,13,15H,3-8,11H2,1-2H3. The van der Waals surface area contributed by atoms with Crippen LogP contribution in [0.5, 0.6) is 0 Å². The zero-order chi connectivity index (χ0) is 13.5. The van der Waals surface area contributed by atoms with Crippen molar-refractivity contribution in [1.82, 2.24) is 15.3 Å². The Hall–Kier alpha value is -1.20. The van der Waals surface area contributed by atoms with Crippen molar-refractivity contribution in [1.29, 1.82) is 0 Å². The van der Waals surface area contributed by atoms with E-state index in [2.05, 4.69) is 34.2 Å². The van der Waals surface area contributed by atoms with Gasteiger partial charge < -0.3 is 15.0 Å². The number of hydrogen-bond acceptors (Lipinski definition) is 5. The van der Waals surface area contributed by atoms with Gasteiger partial charge in [-0.1, -0.05) is 6.92 Å². The summed E-state index contributed by atoms with van der Waals surface area (Å²) in [7, 11) is 2.05. The van der Waals surface area contributed by atoms with Gasteiger partial charge in [0.2, 0.25) is 0 Å². The van der Waals surface area contributed by atoms with Crippen LogP contribution in [-0.4, -0.2) is 42.8 Å². The third-order valence-electron chi connectivity index (χ3n) is 3.30. The van der Waals surface area contributed by atoms with E-state index in [-0.39, 0.29) is 0 Å². The van der Waals surface area contributed by atoms with E-state index in [9.17, 15) is 0 Å². The second-order valence-corrected chi connectivity index (χ2v) is 5.06. The molecule has 1 aromatic heterocycles. The number of likely N-dealkylation sites (N-methyl/N-ethyl adjacent to an activating group) is 1. The van der Waals surface area contributed by atoms with Crippen molar-refractivity contribution in [3.63, 3.8) is 0 Å². The Kier molecular flexibility index (Phi) is 5.54. The van der Waals surface area contributed by atoms with Gasteiger partial charge in [-0.25, -0.2) is 4.98 Å². The molecule has 1 aliphatic heterocycles. The molecule has 0 radical (unpaired) electrons. The van der Waals surface area contributed by atoms with Crippen molar-refractivity contribution in [2.75, 3.05) is 31.6 Å². The molecule has 0 bridgehead atoms. The van der Waals surface area contributed by atoms with Crippen molar-refractivity contribution in [2.24, 2.45) is 0 Å². The molecule has 0 spiro atoms. The summed E-state index contributed by atoms with van der Waals surface area (Å²) in [6.07, 6.45) is 7.44. The molecular weight excluding hydrogens is 240 g/mol. The molecule has 0 amide bonds. The van der Waals surface area contributed by atoms with Gasteiger partial charge in [0, 0.05) is 32.9 Å². The van der Waals surface area contributed by atoms with Crippen molar-refractivity contribution in [3.05, 3.63) is 18.1 Å². The van der Waals surface area contributed by atoms with Crippen molar-refractivity contribution in [2.45, 2.75) is 38.8 Å². The summed E-state index contributed by atoms with van der Waals surface area (Å²) in [6.45, 7) is 5.73. The van der Waals surface area contributed by atoms with E-state index in [0.717, 1.165) is 50.6 Å². The summed E-state index contributed by atoms with van der Waals surface area (Å²) in [5.41, 5.74) is 0.991. The molecule has 19 heavy (non-hydrogen) atoms. The molecule has 1 fully saturated rings. The highest BCUT2D eigenvalue weighted by Crippen LogP contribution is 2.16. The van der Waals surface area contributed by atoms with Crippen molar-refractivity contribution in [3.8, 4) is 0 Å². The normalized spacial score (nSPS) is 18.7. The molecule has 0 saturated carbocycles. The van der Waals surface area contributed by atoms with Gasteiger partial charge in [0.1, 0.15) is 5.82 Å². The first-order chi connectivity index (χ1) is 9.29. The van der Waals surface area contributed by atoms with Gasteiger partial charge in [-0.3, -0.25) is 4.98 Å². The van der Waals surface area contributed by atoms with Gasteiger partial charge in [-0.05, 0) is 25.8 Å². The highest BCUT2D eigenvalue weighted by molar-refractivity contribution is 5.35. The summed E-state index contributed by atoms with van der Waals surface area (Å²) >= 11 is 0. The molecule has 5 nitrogen and oxygen atoms in total. The number of rotatable bonds is 7. The molecule has 1 N–H and O–H groups in total. The lowest BCUT2D eigenvalue weighted by atomic mass is 10.2. The van der Waals surface area contributed by atoms with E-state index in [1.54, 1.807) is 0 Å². The van der Waals surface area contributed by atoms with Crippen LogP contribution in [0.4, 0.5) is 5.82 Å². The Morgan fingerprint density at radius 2 is 2.37 bits per heavy atom. The fourth-order valence-corrected chi connectivity index (χ4v) is 2.24. The molecule has 5 heteroatoms. The molecular formula is C14H24N4O. The SMILES string of the molecule is CCCNCc1cncc(N(C)CC2CCCO2)n1. The van der Waals surface area contributed by atoms with Crippen molar-refractivity contribution < 1.29 is 4.74 Å². The smallest absolute Gasteiger partial charge is 0.147 e. The summed E-state index contributed by atoms with van der Waals surface area (Å²) in [5.74, 6) is 0.922. The second kappa shape index (κ2) is 7.40. The zero-order valence-electron chi connectivity index (χ0n) is 11.9. The number of anilines is 1. The second-order valence-electron chi connectivity index (χ2n) is 5.06. The highest BCUT2D eigenvalue weighted by atomic mass is 16.5. The third-order valence-corrected chi connectivity index (χ3v) is 3.30. The van der Waals surface area contributed by atoms with Crippen LogP contribution in [0, 0.1) is 0 Å². The average molecular weight is 264 g/mol. The number of nitrogens with zero attached hydrogens (tertiary/aromatic N) is 3. The monoisotopic (exact) mass is 264 g/mol. The maximum absolute atomic E-state index is 5.65. The van der Waals surface area contributed by atoms with Crippen LogP contribution in [0.1, 0.15) is 31.9 Å². The first kappa shape index (κ1) is 14.2. The minimum atomic E-state index is 0.341. The summed E-state index contributed by atoms with van der Waals surface area (Å²) in [6, 6.07) is 0. The lowest BCUT2D eigenvalue weighted by Crippen LogP contribution is -2.29. The first-order valence-corrected chi connectivity index (χ1v) is 7.14. The van der Waals surface area contributed by atoms with E-state index >= 15 is 0 Å². The molecule has 1 aliphatic rings. The van der Waals surface area contributed by atoms with Gasteiger partial charge >= 0.3 is 0 Å². The van der Waals surface area contributed by atoms with E-state index in [1.807, 2.05) is 12.4 Å². The van der Waals surface area contributed by atoms with E-state index < -0.39 is 0 Å². The van der Waals surface area contributed by atoms with Gasteiger partial charge in [0.05, 0.1) is 18.0 Å². The van der Waals surface area contributed by atoms with E-state index in [4.69, 9.17) is 4.74 Å². The number of aromatic nitrogens is 2. The highest BCUT2D eigenvalue weighted by Gasteiger charge is 2.18. The molecule has 0 aromatic carbocycles. The molecule has 1 atom stereocenters. The number of ether oxygens (including phenoxy) is 1. The van der Waals surface area contributed by atoms with Crippen LogP contribution in [0.3, 0.4) is 0 Å². The third kappa shape index (κ3) is 4.44. The molecule has 106 valence electrons. The van der Waals surface area contributed by atoms with Crippen LogP contribution in [0.2, 0.25) is 0 Å². The topological polar surface area (TPSA) is 50.3 Å². The summed E-state index contributed by atoms with van der Waals surface area (Å²) < 4.78 is 5.65. The Morgan fingerprint density at radius 1 is 1.47 bits per heavy atom. The maximum atomic E-state index is 5.65. The Bertz CT molecular complexity index is 379. The Morgan fingerprint density at radius 3 is 3.11 bits per heavy atom. The molecule has 1 saturated heterocycles. The molecule has 1 unspecified atom stereocenters. The molecule has 1 aromatic rings. The predicted molar refractivity (Wildman–Crippen MR) is 76.3 cm³/mol. The van der Waals surface area contributed by atoms with E-state index in [1.165, 1.54) is 6.42 Å². The number of nitrogens with one attached hydrogen (secondary N) is 1. The Balaban J connectivity index is 1.89. The quantitative estimate of drug-likeness (QED) is 0.758. The largest absolute Gasteiger partial charge is 0.376 e. The van der Waals surface area contributed by atoms with Gasteiger partial charge in [0.15, 0.2) is 0 Å². The van der Waals surface area contributed by atoms with Gasteiger partial charge in [-0.2, -0.15) is 0 Å². The van der Waals surface area contributed by atoms with Gasteiger partial charge in [-0.15, -0.1) is 0 Å². The lowest BCUT2D eigenvalue weighted by Gasteiger charge is -2.21. The van der Waals surface area contributed by atoms with E-state index in [0.29, 0.717) is 6.10 Å². The zero-order valence-corrected chi connectivity index (χ0v) is 11.9. The lowest BCUT2D eigenvalue weighted by molar-refractivity contribution is 0.116. The number of hydrogen-bond donors (Lipinski definition) is 1. The van der Waals surface area contributed by atoms with Crippen LogP contribution >= 0.6 is 0 Å². The minimum Gasteiger partial charge on any atom is -0.376 e. The fourth-order valence-electron chi connectivity index (χ4n) is 2.24. The summed E-state index contributed by atoms with van der Waals surface area (Å²) in [4.78, 5) is 11.0. The molecule has 2 rings (SSSR count). The molecule has 2 heterocycles. The first-order valence-electron chi connectivity index (χ1n) is 7.14. The van der Waals surface area contributed by atoms with Crippen LogP contribution in [0.15, 0.2) is 12.4 Å². The van der Waals surface area contributed by atoms with Crippen LogP contribution < -0.4 is 10.2 Å². The molecule has 0 aliphatic carbocycles.